The molecule has 1 atom stereocenters. The molecule has 6 heteroatoms. The molecule has 114 valence electrons. The summed E-state index contributed by atoms with van der Waals surface area (Å²) in [4.78, 5) is 28.1. The quantitative estimate of drug-likeness (QED) is 0.888. The lowest BCUT2D eigenvalue weighted by molar-refractivity contribution is -0.154. The van der Waals surface area contributed by atoms with Crippen molar-refractivity contribution in [2.24, 2.45) is 0 Å². The Labute approximate surface area is 137 Å². The highest BCUT2D eigenvalue weighted by molar-refractivity contribution is 9.11. The van der Waals surface area contributed by atoms with Crippen molar-refractivity contribution in [3.8, 4) is 0 Å². The highest BCUT2D eigenvalue weighted by Crippen LogP contribution is 2.34. The maximum Gasteiger partial charge on any atom is 0.249 e. The summed E-state index contributed by atoms with van der Waals surface area (Å²) < 4.78 is 1.10. The summed E-state index contributed by atoms with van der Waals surface area (Å²) in [6.45, 7) is 2.43. The van der Waals surface area contributed by atoms with Gasteiger partial charge in [-0.1, -0.05) is 12.8 Å². The van der Waals surface area contributed by atoms with Crippen molar-refractivity contribution in [1.82, 2.24) is 10.2 Å². The van der Waals surface area contributed by atoms with E-state index < -0.39 is 5.54 Å². The smallest absolute Gasteiger partial charge is 0.249 e. The standard InChI is InChI=1S/C15H19BrN2O2S/c1-10-13(19)17-15(7-2-3-8-15)14(20)18(10)9-6-11-4-5-12(16)21-11/h4-5,10H,2-3,6-9H2,1H3,(H,17,19). The topological polar surface area (TPSA) is 49.4 Å². The molecule has 21 heavy (non-hydrogen) atoms. The third-order valence-corrected chi connectivity index (χ3v) is 6.25. The van der Waals surface area contributed by atoms with Crippen LogP contribution in [0.1, 0.15) is 37.5 Å². The zero-order valence-electron chi connectivity index (χ0n) is 12.0. The average molecular weight is 371 g/mol. The number of carbonyl (C=O) groups excluding carboxylic acids is 2. The van der Waals surface area contributed by atoms with Crippen LogP contribution in [-0.2, 0) is 16.0 Å². The van der Waals surface area contributed by atoms with Gasteiger partial charge in [0.2, 0.25) is 11.8 Å². The first-order valence-corrected chi connectivity index (χ1v) is 9.00. The van der Waals surface area contributed by atoms with Crippen molar-refractivity contribution in [2.45, 2.75) is 50.6 Å². The van der Waals surface area contributed by atoms with E-state index in [0.717, 1.165) is 35.9 Å². The van der Waals surface area contributed by atoms with Crippen LogP contribution in [0.15, 0.2) is 15.9 Å². The average Bonchev–Trinajstić information content (AvgIpc) is 3.07. The minimum atomic E-state index is -0.611. The predicted molar refractivity (Wildman–Crippen MR) is 86.2 cm³/mol. The second-order valence-electron chi connectivity index (χ2n) is 5.91. The molecule has 1 N–H and O–H groups in total. The Hall–Kier alpha value is -0.880. The van der Waals surface area contributed by atoms with Gasteiger partial charge < -0.3 is 10.2 Å². The fraction of sp³-hybridized carbons (Fsp3) is 0.600. The van der Waals surface area contributed by atoms with Gasteiger partial charge in [0.05, 0.1) is 3.79 Å². The second kappa shape index (κ2) is 5.72. The summed E-state index contributed by atoms with van der Waals surface area (Å²) in [5, 5.41) is 2.99. The highest BCUT2D eigenvalue weighted by atomic mass is 79.9. The van der Waals surface area contributed by atoms with Gasteiger partial charge in [-0.2, -0.15) is 0 Å². The first kappa shape index (κ1) is 15.0. The molecule has 0 radical (unpaired) electrons. The maximum atomic E-state index is 12.8. The summed E-state index contributed by atoms with van der Waals surface area (Å²) in [6.07, 6.45) is 4.41. The molecule has 4 nitrogen and oxygen atoms in total. The summed E-state index contributed by atoms with van der Waals surface area (Å²) in [5.41, 5.74) is -0.611. The molecule has 2 fully saturated rings. The van der Waals surface area contributed by atoms with Crippen LogP contribution in [0.25, 0.3) is 0 Å². The van der Waals surface area contributed by atoms with Gasteiger partial charge in [-0.05, 0) is 54.2 Å². The summed E-state index contributed by atoms with van der Waals surface area (Å²) in [7, 11) is 0. The number of nitrogens with one attached hydrogen (secondary N) is 1. The first-order chi connectivity index (χ1) is 10.0. The van der Waals surface area contributed by atoms with Gasteiger partial charge in [0, 0.05) is 11.4 Å². The van der Waals surface area contributed by atoms with Crippen molar-refractivity contribution in [2.75, 3.05) is 6.54 Å². The van der Waals surface area contributed by atoms with Gasteiger partial charge >= 0.3 is 0 Å². The van der Waals surface area contributed by atoms with Crippen LogP contribution in [0.3, 0.4) is 0 Å². The molecule has 2 aliphatic rings. The molecule has 1 aliphatic carbocycles. The lowest BCUT2D eigenvalue weighted by Crippen LogP contribution is -2.68. The first-order valence-electron chi connectivity index (χ1n) is 7.39. The Morgan fingerprint density at radius 3 is 2.71 bits per heavy atom. The lowest BCUT2D eigenvalue weighted by atomic mass is 9.91. The normalized spacial score (nSPS) is 24.7. The van der Waals surface area contributed by atoms with Crippen LogP contribution in [0.2, 0.25) is 0 Å². The zero-order chi connectivity index (χ0) is 15.0. The Morgan fingerprint density at radius 2 is 2.10 bits per heavy atom. The number of amides is 2. The van der Waals surface area contributed by atoms with Gasteiger partial charge in [0.1, 0.15) is 11.6 Å². The van der Waals surface area contributed by atoms with E-state index in [0.29, 0.717) is 6.54 Å². The molecule has 2 heterocycles. The van der Waals surface area contributed by atoms with E-state index in [2.05, 4.69) is 27.3 Å². The minimum absolute atomic E-state index is 0.0103. The Balaban J connectivity index is 1.75. The SMILES string of the molecule is CC1C(=O)NC2(CCCC2)C(=O)N1CCc1ccc(Br)s1. The molecular weight excluding hydrogens is 352 g/mol. The molecule has 1 unspecified atom stereocenters. The van der Waals surface area contributed by atoms with Gasteiger partial charge in [0.15, 0.2) is 0 Å². The summed E-state index contributed by atoms with van der Waals surface area (Å²) >= 11 is 5.14. The lowest BCUT2D eigenvalue weighted by Gasteiger charge is -2.43. The fourth-order valence-corrected chi connectivity index (χ4v) is 4.79. The van der Waals surface area contributed by atoms with Crippen molar-refractivity contribution in [1.29, 1.82) is 0 Å². The third kappa shape index (κ3) is 2.75. The monoisotopic (exact) mass is 370 g/mol. The van der Waals surface area contributed by atoms with Gasteiger partial charge in [-0.25, -0.2) is 0 Å². The number of piperazine rings is 1. The van der Waals surface area contributed by atoms with E-state index in [1.54, 1.807) is 16.2 Å². The molecule has 2 amide bonds. The maximum absolute atomic E-state index is 12.8. The van der Waals surface area contributed by atoms with Crippen molar-refractivity contribution in [3.05, 3.63) is 20.8 Å². The van der Waals surface area contributed by atoms with Gasteiger partial charge in [-0.15, -0.1) is 11.3 Å². The van der Waals surface area contributed by atoms with E-state index in [-0.39, 0.29) is 17.9 Å². The van der Waals surface area contributed by atoms with E-state index in [1.165, 1.54) is 4.88 Å². The molecule has 1 saturated heterocycles. The number of nitrogens with zero attached hydrogens (tertiary/aromatic N) is 1. The van der Waals surface area contributed by atoms with Crippen LogP contribution >= 0.6 is 27.3 Å². The Morgan fingerprint density at radius 1 is 1.38 bits per heavy atom. The molecule has 1 aromatic rings. The molecule has 1 aliphatic heterocycles. The molecule has 1 aromatic heterocycles. The zero-order valence-corrected chi connectivity index (χ0v) is 14.4. The second-order valence-corrected chi connectivity index (χ2v) is 8.46. The van der Waals surface area contributed by atoms with E-state index in [1.807, 2.05) is 13.0 Å². The molecule has 1 spiro atoms. The fourth-order valence-electron chi connectivity index (χ4n) is 3.32. The third-order valence-electron chi connectivity index (χ3n) is 4.56. The molecule has 0 aromatic carbocycles. The van der Waals surface area contributed by atoms with Crippen molar-refractivity contribution in [3.63, 3.8) is 0 Å². The Bertz CT molecular complexity index is 566. The number of thiophene rings is 1. The number of rotatable bonds is 3. The molecule has 3 rings (SSSR count). The van der Waals surface area contributed by atoms with Crippen LogP contribution < -0.4 is 5.32 Å². The largest absolute Gasteiger partial charge is 0.340 e. The van der Waals surface area contributed by atoms with Crippen LogP contribution in [0, 0.1) is 0 Å². The van der Waals surface area contributed by atoms with Gasteiger partial charge in [-0.3, -0.25) is 9.59 Å². The predicted octanol–water partition coefficient (Wildman–Crippen LogP) is 2.71. The molecule has 0 bridgehead atoms. The van der Waals surface area contributed by atoms with Crippen LogP contribution in [0.4, 0.5) is 0 Å². The van der Waals surface area contributed by atoms with Crippen LogP contribution in [-0.4, -0.2) is 34.8 Å². The molecule has 1 saturated carbocycles. The summed E-state index contributed by atoms with van der Waals surface area (Å²) in [6, 6.07) is 3.72. The number of hydrogen-bond acceptors (Lipinski definition) is 3. The van der Waals surface area contributed by atoms with Crippen molar-refractivity contribution >= 4 is 39.1 Å². The Kier molecular flexibility index (Phi) is 4.10. The van der Waals surface area contributed by atoms with E-state index >= 15 is 0 Å². The van der Waals surface area contributed by atoms with Crippen LogP contribution in [0.5, 0.6) is 0 Å². The number of halogens is 1. The van der Waals surface area contributed by atoms with E-state index in [9.17, 15) is 9.59 Å². The highest BCUT2D eigenvalue weighted by Gasteiger charge is 2.50. The molecular formula is C15H19BrN2O2S. The minimum Gasteiger partial charge on any atom is -0.340 e. The number of hydrogen-bond donors (Lipinski definition) is 1. The van der Waals surface area contributed by atoms with Gasteiger partial charge in [0.25, 0.3) is 0 Å². The number of carbonyl (C=O) groups is 2. The van der Waals surface area contributed by atoms with Crippen molar-refractivity contribution < 1.29 is 9.59 Å². The summed E-state index contributed by atoms with van der Waals surface area (Å²) in [5.74, 6) is 0.103. The van der Waals surface area contributed by atoms with E-state index in [4.69, 9.17) is 0 Å².